The highest BCUT2D eigenvalue weighted by Gasteiger charge is 2.42. The Bertz CT molecular complexity index is 885. The van der Waals surface area contributed by atoms with E-state index in [0.29, 0.717) is 6.42 Å². The molecule has 0 fully saturated rings. The van der Waals surface area contributed by atoms with Gasteiger partial charge in [-0.1, -0.05) is 42.5 Å². The lowest BCUT2D eigenvalue weighted by Crippen LogP contribution is -2.52. The highest BCUT2D eigenvalue weighted by Crippen LogP contribution is 2.41. The maximum absolute atomic E-state index is 10.8. The molecule has 5 nitrogen and oxygen atoms in total. The van der Waals surface area contributed by atoms with Crippen LogP contribution in [0, 0.1) is 11.3 Å². The van der Waals surface area contributed by atoms with Crippen molar-refractivity contribution in [2.24, 2.45) is 4.99 Å². The molecular weight excluding hydrogens is 374 g/mol. The topological polar surface area (TPSA) is 77.6 Å². The van der Waals surface area contributed by atoms with E-state index in [1.54, 1.807) is 0 Å². The van der Waals surface area contributed by atoms with Gasteiger partial charge < -0.3 is 15.2 Å². The molecule has 2 unspecified atom stereocenters. The molecule has 0 bridgehead atoms. The van der Waals surface area contributed by atoms with Crippen LogP contribution in [0.25, 0.3) is 0 Å². The number of nitrogens with zero attached hydrogens (tertiary/aromatic N) is 2. The predicted octanol–water partition coefficient (Wildman–Crippen LogP) is 4.90. The number of aliphatic hydroxyl groups excluding tert-OH is 1. The third kappa shape index (κ3) is 6.28. The van der Waals surface area contributed by atoms with Crippen molar-refractivity contribution in [1.82, 2.24) is 5.32 Å². The van der Waals surface area contributed by atoms with Crippen LogP contribution in [0.3, 0.4) is 0 Å². The van der Waals surface area contributed by atoms with Crippen molar-refractivity contribution in [3.8, 4) is 11.8 Å². The van der Waals surface area contributed by atoms with Gasteiger partial charge in [0.1, 0.15) is 17.5 Å². The van der Waals surface area contributed by atoms with Gasteiger partial charge in [0.05, 0.1) is 24.2 Å². The Morgan fingerprint density at radius 1 is 1.27 bits per heavy atom. The van der Waals surface area contributed by atoms with Crippen molar-refractivity contribution in [2.75, 3.05) is 6.54 Å². The van der Waals surface area contributed by atoms with Crippen LogP contribution in [0.5, 0.6) is 5.75 Å². The van der Waals surface area contributed by atoms with E-state index >= 15 is 0 Å². The normalized spacial score (nSPS) is 19.0. The number of hydrogen-bond donors (Lipinski definition) is 2. The van der Waals surface area contributed by atoms with E-state index in [1.807, 2.05) is 75.4 Å². The molecule has 0 amide bonds. The Hall–Kier alpha value is -2.94. The van der Waals surface area contributed by atoms with Crippen LogP contribution in [0.15, 0.2) is 65.7 Å². The van der Waals surface area contributed by atoms with Crippen LogP contribution in [0.4, 0.5) is 5.69 Å². The zero-order chi connectivity index (χ0) is 22.0. The summed E-state index contributed by atoms with van der Waals surface area (Å²) in [7, 11) is 0. The first kappa shape index (κ1) is 23.3. The van der Waals surface area contributed by atoms with Crippen LogP contribution in [-0.2, 0) is 6.42 Å². The molecule has 2 atom stereocenters. The molecule has 1 aliphatic heterocycles. The van der Waals surface area contributed by atoms with Crippen molar-refractivity contribution in [3.63, 3.8) is 0 Å². The lowest BCUT2D eigenvalue weighted by molar-refractivity contribution is -0.0643. The molecule has 5 heteroatoms. The minimum Gasteiger partial charge on any atom is -0.485 e. The molecule has 2 aromatic carbocycles. The Morgan fingerprint density at radius 2 is 2.00 bits per heavy atom. The summed E-state index contributed by atoms with van der Waals surface area (Å²) in [4.78, 5) is 3.99. The second-order valence-corrected chi connectivity index (χ2v) is 7.63. The van der Waals surface area contributed by atoms with Crippen molar-refractivity contribution in [1.29, 1.82) is 5.26 Å². The van der Waals surface area contributed by atoms with Crippen LogP contribution < -0.4 is 10.1 Å². The summed E-state index contributed by atoms with van der Waals surface area (Å²) in [5.41, 5.74) is 2.33. The fraction of sp³-hybridized carbons (Fsp3) is 0.360. The van der Waals surface area contributed by atoms with Crippen LogP contribution >= 0.6 is 0 Å². The summed E-state index contributed by atoms with van der Waals surface area (Å²) in [6, 6.07) is 17.8. The third-order valence-corrected chi connectivity index (χ3v) is 4.98. The van der Waals surface area contributed by atoms with E-state index in [9.17, 15) is 5.11 Å². The predicted molar refractivity (Wildman–Crippen MR) is 122 cm³/mol. The standard InChI is InChI=1S/C20H24N2O2.C5H7N/c1-20(2)19(23)18(22-12-11-14-7-5-4-6-8-14)16-13-15(21-3)9-10-17(16)24-20;1-2-3-4-5-6/h4-10,13,18-19,22-23H,3,11-12H2,1-2H3;2-3H,4H2,1H3/b;3-2+. The minimum atomic E-state index is -0.652. The number of aliphatic hydroxyl groups is 1. The van der Waals surface area contributed by atoms with E-state index in [-0.39, 0.29) is 6.04 Å². The highest BCUT2D eigenvalue weighted by atomic mass is 16.5. The van der Waals surface area contributed by atoms with Crippen LogP contribution in [-0.4, -0.2) is 30.1 Å². The van der Waals surface area contributed by atoms with Crippen LogP contribution in [0.2, 0.25) is 0 Å². The molecule has 2 aromatic rings. The largest absolute Gasteiger partial charge is 0.485 e. The summed E-state index contributed by atoms with van der Waals surface area (Å²) >= 11 is 0. The van der Waals surface area contributed by atoms with Gasteiger partial charge in [-0.25, -0.2) is 0 Å². The first-order valence-corrected chi connectivity index (χ1v) is 10.2. The number of fused-ring (bicyclic) bond motifs is 1. The molecule has 158 valence electrons. The number of nitriles is 1. The number of nitrogens with one attached hydrogen (secondary N) is 1. The zero-order valence-corrected chi connectivity index (χ0v) is 18.0. The summed E-state index contributed by atoms with van der Waals surface area (Å²) in [5.74, 6) is 0.787. The van der Waals surface area contributed by atoms with Gasteiger partial charge in [-0.2, -0.15) is 5.26 Å². The average molecular weight is 406 g/mol. The minimum absolute atomic E-state index is 0.200. The first-order valence-electron chi connectivity index (χ1n) is 10.2. The molecule has 0 spiro atoms. The van der Waals surface area contributed by atoms with Crippen molar-refractivity contribution < 1.29 is 9.84 Å². The number of rotatable bonds is 6. The first-order chi connectivity index (χ1) is 14.4. The molecule has 0 saturated carbocycles. The summed E-state index contributed by atoms with van der Waals surface area (Å²) in [5, 5.41) is 22.2. The fourth-order valence-corrected chi connectivity index (χ4v) is 3.29. The number of benzene rings is 2. The maximum Gasteiger partial charge on any atom is 0.131 e. The molecule has 1 heterocycles. The van der Waals surface area contributed by atoms with Crippen molar-refractivity contribution in [3.05, 3.63) is 71.8 Å². The molecule has 0 saturated heterocycles. The average Bonchev–Trinajstić information content (AvgIpc) is 2.75. The Labute approximate surface area is 179 Å². The second-order valence-electron chi connectivity index (χ2n) is 7.63. The van der Waals surface area contributed by atoms with Gasteiger partial charge in [0.2, 0.25) is 0 Å². The van der Waals surface area contributed by atoms with Gasteiger partial charge in [-0.3, -0.25) is 4.99 Å². The molecule has 0 aromatic heterocycles. The lowest BCUT2D eigenvalue weighted by Gasteiger charge is -2.42. The van der Waals surface area contributed by atoms with E-state index in [2.05, 4.69) is 29.2 Å². The maximum atomic E-state index is 10.8. The van der Waals surface area contributed by atoms with Gasteiger partial charge in [-0.05, 0) is 64.2 Å². The van der Waals surface area contributed by atoms with E-state index in [0.717, 1.165) is 30.0 Å². The van der Waals surface area contributed by atoms with Gasteiger partial charge >= 0.3 is 0 Å². The van der Waals surface area contributed by atoms with E-state index < -0.39 is 11.7 Å². The number of allylic oxidation sites excluding steroid dienone is 2. The van der Waals surface area contributed by atoms with Gasteiger partial charge in [0.25, 0.3) is 0 Å². The molecule has 0 aliphatic carbocycles. The zero-order valence-electron chi connectivity index (χ0n) is 18.0. The third-order valence-electron chi connectivity index (χ3n) is 4.98. The smallest absolute Gasteiger partial charge is 0.131 e. The Balaban J connectivity index is 0.000000469. The summed E-state index contributed by atoms with van der Waals surface area (Å²) < 4.78 is 5.97. The fourth-order valence-electron chi connectivity index (χ4n) is 3.29. The second kappa shape index (κ2) is 11.3. The number of ether oxygens (including phenoxy) is 1. The molecule has 3 rings (SSSR count). The number of hydrogen-bond acceptors (Lipinski definition) is 5. The Kier molecular flexibility index (Phi) is 8.79. The molecule has 0 radical (unpaired) electrons. The summed E-state index contributed by atoms with van der Waals surface area (Å²) in [6.07, 6.45) is 4.47. The molecule has 1 aliphatic rings. The van der Waals surface area contributed by atoms with E-state index in [4.69, 9.17) is 10.00 Å². The van der Waals surface area contributed by atoms with Crippen molar-refractivity contribution >= 4 is 12.4 Å². The quantitative estimate of drug-likeness (QED) is 0.529. The SMILES string of the molecule is C/C=C/CC#N.C=Nc1ccc2c(c1)C(NCCc1ccccc1)C(O)C(C)(C)O2. The lowest BCUT2D eigenvalue weighted by atomic mass is 9.86. The molecular formula is C25H31N3O2. The van der Waals surface area contributed by atoms with Gasteiger partial charge in [0, 0.05) is 5.56 Å². The molecule has 2 N–H and O–H groups in total. The monoisotopic (exact) mass is 405 g/mol. The number of aliphatic imine (C=N–C) groups is 1. The molecule has 30 heavy (non-hydrogen) atoms. The summed E-state index contributed by atoms with van der Waals surface area (Å²) in [6.45, 7) is 10.1. The van der Waals surface area contributed by atoms with Crippen molar-refractivity contribution in [2.45, 2.75) is 51.4 Å². The van der Waals surface area contributed by atoms with Gasteiger partial charge in [-0.15, -0.1) is 0 Å². The Morgan fingerprint density at radius 3 is 2.60 bits per heavy atom. The van der Waals surface area contributed by atoms with E-state index in [1.165, 1.54) is 5.56 Å². The van der Waals surface area contributed by atoms with Gasteiger partial charge in [0.15, 0.2) is 0 Å². The highest BCUT2D eigenvalue weighted by molar-refractivity contribution is 5.53. The van der Waals surface area contributed by atoms with Crippen LogP contribution in [0.1, 0.15) is 44.4 Å².